The molecule has 1 unspecified atom stereocenters. The van der Waals surface area contributed by atoms with Crippen LogP contribution in [-0.2, 0) is 4.74 Å². The first-order chi connectivity index (χ1) is 7.70. The Labute approximate surface area is 93.6 Å². The number of benzene rings is 1. The standard InChI is InChI=1S/C11H16F2N2O/c1-16-6-5-15-10(7-14)8-3-2-4-9(12)11(8)13/h2-4,10,15H,5-7,14H2,1H3. The van der Waals surface area contributed by atoms with Gasteiger partial charge in [-0.15, -0.1) is 0 Å². The minimum atomic E-state index is -0.857. The summed E-state index contributed by atoms with van der Waals surface area (Å²) in [6.45, 7) is 1.23. The van der Waals surface area contributed by atoms with E-state index in [1.54, 1.807) is 7.11 Å². The highest BCUT2D eigenvalue weighted by Gasteiger charge is 2.15. The van der Waals surface area contributed by atoms with E-state index in [1.165, 1.54) is 12.1 Å². The highest BCUT2D eigenvalue weighted by molar-refractivity contribution is 5.22. The average molecular weight is 230 g/mol. The summed E-state index contributed by atoms with van der Waals surface area (Å²) in [5.41, 5.74) is 5.76. The predicted molar refractivity (Wildman–Crippen MR) is 58.0 cm³/mol. The molecule has 3 N–H and O–H groups in total. The highest BCUT2D eigenvalue weighted by atomic mass is 19.2. The van der Waals surface area contributed by atoms with Crippen LogP contribution in [0.25, 0.3) is 0 Å². The number of ether oxygens (including phenoxy) is 1. The minimum absolute atomic E-state index is 0.198. The second-order valence-electron chi connectivity index (χ2n) is 3.38. The van der Waals surface area contributed by atoms with E-state index in [0.29, 0.717) is 13.2 Å². The van der Waals surface area contributed by atoms with E-state index in [2.05, 4.69) is 5.32 Å². The molecule has 0 heterocycles. The molecule has 0 amide bonds. The van der Waals surface area contributed by atoms with Crippen molar-refractivity contribution >= 4 is 0 Å². The average Bonchev–Trinajstić information content (AvgIpc) is 2.29. The summed E-state index contributed by atoms with van der Waals surface area (Å²) in [6, 6.07) is 3.68. The Morgan fingerprint density at radius 1 is 1.44 bits per heavy atom. The Morgan fingerprint density at radius 2 is 2.19 bits per heavy atom. The van der Waals surface area contributed by atoms with Crippen molar-refractivity contribution in [3.8, 4) is 0 Å². The van der Waals surface area contributed by atoms with E-state index in [-0.39, 0.29) is 12.1 Å². The summed E-state index contributed by atoms with van der Waals surface area (Å²) in [5, 5.41) is 3.00. The lowest BCUT2D eigenvalue weighted by atomic mass is 10.1. The zero-order valence-electron chi connectivity index (χ0n) is 9.17. The Bertz CT molecular complexity index is 334. The Hall–Kier alpha value is -1.04. The molecule has 0 aliphatic rings. The number of methoxy groups -OCH3 is 1. The first kappa shape index (κ1) is 13.0. The van der Waals surface area contributed by atoms with Crippen molar-refractivity contribution in [1.82, 2.24) is 5.32 Å². The molecule has 0 aliphatic heterocycles. The molecule has 0 aliphatic carbocycles. The van der Waals surface area contributed by atoms with Gasteiger partial charge in [-0.2, -0.15) is 0 Å². The lowest BCUT2D eigenvalue weighted by molar-refractivity contribution is 0.195. The predicted octanol–water partition coefficient (Wildman–Crippen LogP) is 1.20. The molecule has 1 atom stereocenters. The molecule has 0 spiro atoms. The van der Waals surface area contributed by atoms with Crippen molar-refractivity contribution in [2.45, 2.75) is 6.04 Å². The van der Waals surface area contributed by atoms with Crippen molar-refractivity contribution in [3.63, 3.8) is 0 Å². The molecule has 0 fully saturated rings. The van der Waals surface area contributed by atoms with Gasteiger partial charge in [0.25, 0.3) is 0 Å². The maximum absolute atomic E-state index is 13.4. The van der Waals surface area contributed by atoms with Crippen molar-refractivity contribution in [2.75, 3.05) is 26.8 Å². The monoisotopic (exact) mass is 230 g/mol. The molecule has 16 heavy (non-hydrogen) atoms. The van der Waals surface area contributed by atoms with Crippen LogP contribution in [0.5, 0.6) is 0 Å². The summed E-state index contributed by atoms with van der Waals surface area (Å²) < 4.78 is 31.3. The van der Waals surface area contributed by atoms with Crippen LogP contribution in [0.3, 0.4) is 0 Å². The zero-order valence-corrected chi connectivity index (χ0v) is 9.17. The highest BCUT2D eigenvalue weighted by Crippen LogP contribution is 2.18. The van der Waals surface area contributed by atoms with Gasteiger partial charge in [-0.3, -0.25) is 0 Å². The van der Waals surface area contributed by atoms with Crippen LogP contribution in [0, 0.1) is 11.6 Å². The van der Waals surface area contributed by atoms with Gasteiger partial charge in [0.1, 0.15) is 0 Å². The third-order valence-electron chi connectivity index (χ3n) is 2.29. The van der Waals surface area contributed by atoms with Gasteiger partial charge < -0.3 is 15.8 Å². The SMILES string of the molecule is COCCNC(CN)c1cccc(F)c1F. The van der Waals surface area contributed by atoms with Gasteiger partial charge in [0.15, 0.2) is 11.6 Å². The van der Waals surface area contributed by atoms with Crippen molar-refractivity contribution in [1.29, 1.82) is 0 Å². The maximum atomic E-state index is 13.4. The fourth-order valence-electron chi connectivity index (χ4n) is 1.45. The Kier molecular flexibility index (Phi) is 5.31. The summed E-state index contributed by atoms with van der Waals surface area (Å²) in [4.78, 5) is 0. The smallest absolute Gasteiger partial charge is 0.163 e. The fourth-order valence-corrected chi connectivity index (χ4v) is 1.45. The number of hydrogen-bond donors (Lipinski definition) is 2. The number of halogens is 2. The molecule has 1 aromatic carbocycles. The Morgan fingerprint density at radius 3 is 2.81 bits per heavy atom. The molecular weight excluding hydrogens is 214 g/mol. The summed E-state index contributed by atoms with van der Waals surface area (Å²) in [7, 11) is 1.57. The molecule has 0 bridgehead atoms. The van der Waals surface area contributed by atoms with Crippen molar-refractivity contribution in [2.24, 2.45) is 5.73 Å². The minimum Gasteiger partial charge on any atom is -0.383 e. The van der Waals surface area contributed by atoms with Gasteiger partial charge in [0.2, 0.25) is 0 Å². The van der Waals surface area contributed by atoms with Crippen molar-refractivity contribution in [3.05, 3.63) is 35.4 Å². The third-order valence-corrected chi connectivity index (χ3v) is 2.29. The van der Waals surface area contributed by atoms with Gasteiger partial charge >= 0.3 is 0 Å². The van der Waals surface area contributed by atoms with Crippen LogP contribution in [0.4, 0.5) is 8.78 Å². The summed E-state index contributed by atoms with van der Waals surface area (Å²) >= 11 is 0. The normalized spacial score (nSPS) is 12.8. The third kappa shape index (κ3) is 3.23. The van der Waals surface area contributed by atoms with Gasteiger partial charge in [0.05, 0.1) is 6.61 Å². The van der Waals surface area contributed by atoms with E-state index in [1.807, 2.05) is 0 Å². The second kappa shape index (κ2) is 6.52. The van der Waals surface area contributed by atoms with E-state index in [9.17, 15) is 8.78 Å². The van der Waals surface area contributed by atoms with Gasteiger partial charge in [0, 0.05) is 31.8 Å². The van der Waals surface area contributed by atoms with Crippen molar-refractivity contribution < 1.29 is 13.5 Å². The number of rotatable bonds is 6. The van der Waals surface area contributed by atoms with Gasteiger partial charge in [-0.25, -0.2) is 8.78 Å². The lowest BCUT2D eigenvalue weighted by Gasteiger charge is -2.17. The molecule has 1 rings (SSSR count). The first-order valence-corrected chi connectivity index (χ1v) is 5.07. The zero-order chi connectivity index (χ0) is 12.0. The molecular formula is C11H16F2N2O. The summed E-state index contributed by atoms with van der Waals surface area (Å²) in [5.74, 6) is -1.70. The molecule has 0 aromatic heterocycles. The first-order valence-electron chi connectivity index (χ1n) is 5.07. The number of nitrogens with one attached hydrogen (secondary N) is 1. The van der Waals surface area contributed by atoms with Crippen LogP contribution >= 0.6 is 0 Å². The van der Waals surface area contributed by atoms with E-state index in [4.69, 9.17) is 10.5 Å². The molecule has 0 radical (unpaired) electrons. The van der Waals surface area contributed by atoms with Crippen LogP contribution in [0.2, 0.25) is 0 Å². The van der Waals surface area contributed by atoms with Crippen LogP contribution < -0.4 is 11.1 Å². The maximum Gasteiger partial charge on any atom is 0.163 e. The molecule has 0 saturated heterocycles. The topological polar surface area (TPSA) is 47.3 Å². The summed E-state index contributed by atoms with van der Waals surface area (Å²) in [6.07, 6.45) is 0. The van der Waals surface area contributed by atoms with E-state index < -0.39 is 17.7 Å². The van der Waals surface area contributed by atoms with E-state index >= 15 is 0 Å². The quantitative estimate of drug-likeness (QED) is 0.722. The number of nitrogens with two attached hydrogens (primary N) is 1. The largest absolute Gasteiger partial charge is 0.383 e. The van der Waals surface area contributed by atoms with E-state index in [0.717, 1.165) is 6.07 Å². The second-order valence-corrected chi connectivity index (χ2v) is 3.38. The molecule has 1 aromatic rings. The van der Waals surface area contributed by atoms with Gasteiger partial charge in [-0.1, -0.05) is 12.1 Å². The molecule has 0 saturated carbocycles. The van der Waals surface area contributed by atoms with Crippen LogP contribution in [-0.4, -0.2) is 26.8 Å². The lowest BCUT2D eigenvalue weighted by Crippen LogP contribution is -2.31. The molecule has 5 heteroatoms. The van der Waals surface area contributed by atoms with Crippen LogP contribution in [0.1, 0.15) is 11.6 Å². The molecule has 3 nitrogen and oxygen atoms in total. The fraction of sp³-hybridized carbons (Fsp3) is 0.455. The Balaban J connectivity index is 2.74. The number of hydrogen-bond acceptors (Lipinski definition) is 3. The van der Waals surface area contributed by atoms with Gasteiger partial charge in [-0.05, 0) is 6.07 Å². The molecule has 90 valence electrons. The van der Waals surface area contributed by atoms with Crippen LogP contribution in [0.15, 0.2) is 18.2 Å².